The normalized spacial score (nSPS) is 31.1. The van der Waals surface area contributed by atoms with Crippen molar-refractivity contribution in [2.24, 2.45) is 17.8 Å². The number of benzene rings is 1. The first-order valence-electron chi connectivity index (χ1n) is 10.1. The van der Waals surface area contributed by atoms with Crippen molar-refractivity contribution in [1.29, 1.82) is 0 Å². The second kappa shape index (κ2) is 6.85. The van der Waals surface area contributed by atoms with Crippen LogP contribution in [0.25, 0.3) is 0 Å². The first kappa shape index (κ1) is 19.4. The predicted octanol–water partition coefficient (Wildman–Crippen LogP) is 2.91. The van der Waals surface area contributed by atoms with Crippen LogP contribution in [0.1, 0.15) is 45.6 Å². The number of imide groups is 1. The maximum absolute atomic E-state index is 13.4. The minimum absolute atomic E-state index is 0.151. The van der Waals surface area contributed by atoms with Crippen LogP contribution in [0.3, 0.4) is 0 Å². The smallest absolute Gasteiger partial charge is 0.250 e. The third-order valence-corrected chi connectivity index (χ3v) is 6.46. The zero-order chi connectivity index (χ0) is 20.2. The Morgan fingerprint density at radius 1 is 1.21 bits per heavy atom. The standard InChI is InChI=1S/C21H26ClN3O3/c1-4-5-8-25-18(26)16-15(9-11(2)3)24-21(17(16)19(25)27)13-10-12(22)6-7-14(13)23-20(21)28/h6-7,10-11,15-17,24H,4-5,8-9H2,1-3H3,(H,23,28). The Hall–Kier alpha value is -1.92. The summed E-state index contributed by atoms with van der Waals surface area (Å²) >= 11 is 6.23. The van der Waals surface area contributed by atoms with Crippen LogP contribution in [0.2, 0.25) is 5.02 Å². The Bertz CT molecular complexity index is 855. The van der Waals surface area contributed by atoms with Crippen molar-refractivity contribution in [3.63, 3.8) is 0 Å². The highest BCUT2D eigenvalue weighted by molar-refractivity contribution is 6.31. The van der Waals surface area contributed by atoms with E-state index in [-0.39, 0.29) is 23.8 Å². The summed E-state index contributed by atoms with van der Waals surface area (Å²) in [6.45, 7) is 6.60. The fourth-order valence-corrected chi connectivity index (χ4v) is 5.25. The summed E-state index contributed by atoms with van der Waals surface area (Å²) < 4.78 is 0. The molecular formula is C21H26ClN3O3. The Balaban J connectivity index is 1.84. The number of unbranched alkanes of at least 4 members (excludes halogenated alkanes) is 1. The van der Waals surface area contributed by atoms with Gasteiger partial charge in [-0.3, -0.25) is 24.6 Å². The molecule has 2 fully saturated rings. The molecule has 0 bridgehead atoms. The molecule has 3 aliphatic rings. The van der Waals surface area contributed by atoms with Crippen molar-refractivity contribution in [2.75, 3.05) is 11.9 Å². The zero-order valence-electron chi connectivity index (χ0n) is 16.4. The van der Waals surface area contributed by atoms with E-state index in [1.165, 1.54) is 4.90 Å². The summed E-state index contributed by atoms with van der Waals surface area (Å²) in [4.78, 5) is 41.2. The van der Waals surface area contributed by atoms with E-state index in [9.17, 15) is 14.4 Å². The van der Waals surface area contributed by atoms with Crippen LogP contribution in [0.15, 0.2) is 18.2 Å². The summed E-state index contributed by atoms with van der Waals surface area (Å²) in [7, 11) is 0. The van der Waals surface area contributed by atoms with Gasteiger partial charge in [0.2, 0.25) is 17.7 Å². The number of nitrogens with one attached hydrogen (secondary N) is 2. The van der Waals surface area contributed by atoms with E-state index in [0.717, 1.165) is 12.8 Å². The molecule has 3 amide bonds. The van der Waals surface area contributed by atoms with Crippen molar-refractivity contribution < 1.29 is 14.4 Å². The van der Waals surface area contributed by atoms with Crippen LogP contribution in [0.5, 0.6) is 0 Å². The molecule has 4 rings (SSSR count). The lowest BCUT2D eigenvalue weighted by Crippen LogP contribution is -2.53. The summed E-state index contributed by atoms with van der Waals surface area (Å²) in [5.74, 6) is -1.61. The Morgan fingerprint density at radius 3 is 2.64 bits per heavy atom. The number of nitrogens with zero attached hydrogens (tertiary/aromatic N) is 1. The van der Waals surface area contributed by atoms with Gasteiger partial charge in [-0.15, -0.1) is 0 Å². The summed E-state index contributed by atoms with van der Waals surface area (Å²) in [6, 6.07) is 4.98. The lowest BCUT2D eigenvalue weighted by atomic mass is 9.76. The molecule has 6 nitrogen and oxygen atoms in total. The number of rotatable bonds is 5. The highest BCUT2D eigenvalue weighted by Gasteiger charge is 2.70. The second-order valence-electron chi connectivity index (χ2n) is 8.52. The molecule has 0 saturated carbocycles. The molecular weight excluding hydrogens is 378 g/mol. The van der Waals surface area contributed by atoms with Gasteiger partial charge in [0.25, 0.3) is 0 Å². The quantitative estimate of drug-likeness (QED) is 0.741. The lowest BCUT2D eigenvalue weighted by Gasteiger charge is -2.30. The predicted molar refractivity (Wildman–Crippen MR) is 107 cm³/mol. The average molecular weight is 404 g/mol. The lowest BCUT2D eigenvalue weighted by molar-refractivity contribution is -0.142. The van der Waals surface area contributed by atoms with E-state index in [2.05, 4.69) is 24.5 Å². The first-order chi connectivity index (χ1) is 13.3. The van der Waals surface area contributed by atoms with Gasteiger partial charge in [-0.25, -0.2) is 0 Å². The zero-order valence-corrected chi connectivity index (χ0v) is 17.2. The molecule has 4 unspecified atom stereocenters. The van der Waals surface area contributed by atoms with E-state index >= 15 is 0 Å². The number of carbonyl (C=O) groups excluding carboxylic acids is 3. The van der Waals surface area contributed by atoms with Crippen molar-refractivity contribution in [1.82, 2.24) is 10.2 Å². The molecule has 7 heteroatoms. The van der Waals surface area contributed by atoms with E-state index in [4.69, 9.17) is 11.6 Å². The van der Waals surface area contributed by atoms with Crippen LogP contribution < -0.4 is 10.6 Å². The van der Waals surface area contributed by atoms with Crippen LogP contribution in [-0.4, -0.2) is 35.2 Å². The molecule has 4 atom stereocenters. The molecule has 0 radical (unpaired) electrons. The van der Waals surface area contributed by atoms with E-state index in [1.807, 2.05) is 6.92 Å². The van der Waals surface area contributed by atoms with Gasteiger partial charge in [0.15, 0.2) is 0 Å². The fraction of sp³-hybridized carbons (Fsp3) is 0.571. The highest BCUT2D eigenvalue weighted by Crippen LogP contribution is 2.54. The number of hydrogen-bond donors (Lipinski definition) is 2. The maximum Gasteiger partial charge on any atom is 0.250 e. The maximum atomic E-state index is 13.4. The van der Waals surface area contributed by atoms with Gasteiger partial charge in [-0.2, -0.15) is 0 Å². The van der Waals surface area contributed by atoms with Crippen LogP contribution in [0, 0.1) is 17.8 Å². The first-order valence-corrected chi connectivity index (χ1v) is 10.4. The number of hydrogen-bond acceptors (Lipinski definition) is 4. The van der Waals surface area contributed by atoms with Crippen molar-refractivity contribution in [3.8, 4) is 0 Å². The number of halogens is 1. The van der Waals surface area contributed by atoms with Gasteiger partial charge in [-0.05, 0) is 37.0 Å². The highest BCUT2D eigenvalue weighted by atomic mass is 35.5. The third kappa shape index (κ3) is 2.61. The molecule has 1 spiro atoms. The van der Waals surface area contributed by atoms with Crippen molar-refractivity contribution in [3.05, 3.63) is 28.8 Å². The molecule has 0 aliphatic carbocycles. The summed E-state index contributed by atoms with van der Waals surface area (Å²) in [5, 5.41) is 6.83. The van der Waals surface area contributed by atoms with Crippen molar-refractivity contribution >= 4 is 35.0 Å². The van der Waals surface area contributed by atoms with Gasteiger partial charge in [0, 0.05) is 28.9 Å². The van der Waals surface area contributed by atoms with E-state index in [1.54, 1.807) is 18.2 Å². The summed E-state index contributed by atoms with van der Waals surface area (Å²) in [6.07, 6.45) is 2.37. The number of anilines is 1. The van der Waals surface area contributed by atoms with Crippen LogP contribution in [0.4, 0.5) is 5.69 Å². The molecule has 2 saturated heterocycles. The van der Waals surface area contributed by atoms with E-state index in [0.29, 0.717) is 35.2 Å². The summed E-state index contributed by atoms with van der Waals surface area (Å²) in [5.41, 5.74) is 0.0842. The van der Waals surface area contributed by atoms with Gasteiger partial charge < -0.3 is 5.32 Å². The second-order valence-corrected chi connectivity index (χ2v) is 8.95. The topological polar surface area (TPSA) is 78.5 Å². The minimum atomic E-state index is -1.24. The van der Waals surface area contributed by atoms with E-state index < -0.39 is 17.4 Å². The SMILES string of the molecule is CCCCN1C(=O)C2C(CC(C)C)NC3(C(=O)Nc4ccc(Cl)cc43)C2C1=O. The molecule has 0 aromatic heterocycles. The van der Waals surface area contributed by atoms with Crippen LogP contribution >= 0.6 is 11.6 Å². The number of amides is 3. The van der Waals surface area contributed by atoms with Gasteiger partial charge >= 0.3 is 0 Å². The monoisotopic (exact) mass is 403 g/mol. The van der Waals surface area contributed by atoms with Crippen LogP contribution in [-0.2, 0) is 19.9 Å². The molecule has 1 aromatic rings. The third-order valence-electron chi connectivity index (χ3n) is 6.23. The molecule has 28 heavy (non-hydrogen) atoms. The number of likely N-dealkylation sites (tertiary alicyclic amines) is 1. The molecule has 1 aromatic carbocycles. The molecule has 2 N–H and O–H groups in total. The molecule has 3 aliphatic heterocycles. The molecule has 150 valence electrons. The Labute approximate surface area is 170 Å². The van der Waals surface area contributed by atoms with Gasteiger partial charge in [0.05, 0.1) is 11.8 Å². The minimum Gasteiger partial charge on any atom is -0.324 e. The van der Waals surface area contributed by atoms with Gasteiger partial charge in [-0.1, -0.05) is 38.8 Å². The Kier molecular flexibility index (Phi) is 4.74. The number of fused-ring (bicyclic) bond motifs is 4. The molecule has 3 heterocycles. The average Bonchev–Trinajstić information content (AvgIpc) is 3.19. The fourth-order valence-electron chi connectivity index (χ4n) is 5.08. The van der Waals surface area contributed by atoms with Gasteiger partial charge in [0.1, 0.15) is 5.54 Å². The Morgan fingerprint density at radius 2 is 1.96 bits per heavy atom. The van der Waals surface area contributed by atoms with Crippen molar-refractivity contribution in [2.45, 2.75) is 51.6 Å². The number of carbonyl (C=O) groups is 3. The largest absolute Gasteiger partial charge is 0.324 e.